The van der Waals surface area contributed by atoms with E-state index in [2.05, 4.69) is 0 Å². The first kappa shape index (κ1) is 18.7. The number of allylic oxidation sites excluding steroid dienone is 3. The number of cyclic esters (lactones) is 1. The SMILES string of the molecule is CC1=CC(C(=O)N2CCCCC2)=CC=CN(CC2CC2)C(=O)OCCC1. The number of piperidine rings is 1. The van der Waals surface area contributed by atoms with Gasteiger partial charge in [0, 0.05) is 31.4 Å². The molecule has 0 atom stereocenters. The molecule has 26 heavy (non-hydrogen) atoms. The molecular formula is C21H30N2O3. The summed E-state index contributed by atoms with van der Waals surface area (Å²) in [6, 6.07) is 0. The summed E-state index contributed by atoms with van der Waals surface area (Å²) in [6.07, 6.45) is 14.4. The van der Waals surface area contributed by atoms with Crippen LogP contribution in [0.4, 0.5) is 4.79 Å². The quantitative estimate of drug-likeness (QED) is 0.765. The molecule has 5 heteroatoms. The maximum Gasteiger partial charge on any atom is 0.413 e. The van der Waals surface area contributed by atoms with E-state index in [1.165, 1.54) is 19.3 Å². The summed E-state index contributed by atoms with van der Waals surface area (Å²) in [5.74, 6) is 0.683. The number of ether oxygens (including phenoxy) is 1. The Morgan fingerprint density at radius 1 is 1.19 bits per heavy atom. The molecule has 0 aromatic heterocycles. The van der Waals surface area contributed by atoms with Gasteiger partial charge in [0.05, 0.1) is 6.61 Å². The molecule has 1 saturated carbocycles. The van der Waals surface area contributed by atoms with Gasteiger partial charge in [-0.1, -0.05) is 11.6 Å². The third-order valence-corrected chi connectivity index (χ3v) is 5.16. The minimum absolute atomic E-state index is 0.0991. The van der Waals surface area contributed by atoms with Gasteiger partial charge in [-0.2, -0.15) is 0 Å². The van der Waals surface area contributed by atoms with Crippen LogP contribution in [0.25, 0.3) is 0 Å². The Morgan fingerprint density at radius 2 is 1.96 bits per heavy atom. The van der Waals surface area contributed by atoms with Gasteiger partial charge in [-0.25, -0.2) is 4.79 Å². The third-order valence-electron chi connectivity index (χ3n) is 5.16. The maximum absolute atomic E-state index is 12.9. The van der Waals surface area contributed by atoms with Crippen LogP contribution in [0, 0.1) is 5.92 Å². The molecule has 0 N–H and O–H groups in total. The highest BCUT2D eigenvalue weighted by Crippen LogP contribution is 2.30. The van der Waals surface area contributed by atoms with E-state index in [-0.39, 0.29) is 12.0 Å². The average Bonchev–Trinajstić information content (AvgIpc) is 3.46. The minimum Gasteiger partial charge on any atom is -0.449 e. The second kappa shape index (κ2) is 9.06. The summed E-state index contributed by atoms with van der Waals surface area (Å²) in [6.45, 7) is 4.83. The molecular weight excluding hydrogens is 328 g/mol. The number of likely N-dealkylation sites (tertiary alicyclic amines) is 1. The molecule has 0 unspecified atom stereocenters. The number of nitrogens with zero attached hydrogens (tertiary/aromatic N) is 2. The first-order valence-electron chi connectivity index (χ1n) is 9.92. The van der Waals surface area contributed by atoms with E-state index >= 15 is 0 Å². The Morgan fingerprint density at radius 3 is 2.69 bits per heavy atom. The average molecular weight is 358 g/mol. The molecule has 142 valence electrons. The second-order valence-corrected chi connectivity index (χ2v) is 7.62. The van der Waals surface area contributed by atoms with Gasteiger partial charge in [0.1, 0.15) is 0 Å². The summed E-state index contributed by atoms with van der Waals surface area (Å²) in [7, 11) is 0. The summed E-state index contributed by atoms with van der Waals surface area (Å²) in [5.41, 5.74) is 1.85. The van der Waals surface area contributed by atoms with Gasteiger partial charge in [0.25, 0.3) is 5.91 Å². The van der Waals surface area contributed by atoms with Crippen molar-refractivity contribution in [3.05, 3.63) is 35.6 Å². The van der Waals surface area contributed by atoms with Crippen molar-refractivity contribution in [1.82, 2.24) is 9.80 Å². The molecule has 3 rings (SSSR count). The number of carbonyl (C=O) groups is 2. The third kappa shape index (κ3) is 5.48. The number of amides is 2. The van der Waals surface area contributed by atoms with Gasteiger partial charge in [-0.05, 0) is 69.9 Å². The van der Waals surface area contributed by atoms with E-state index in [0.29, 0.717) is 24.6 Å². The maximum atomic E-state index is 12.9. The molecule has 1 saturated heterocycles. The molecule has 2 heterocycles. The fourth-order valence-electron chi connectivity index (χ4n) is 3.42. The predicted octanol–water partition coefficient (Wildman–Crippen LogP) is 4.03. The highest BCUT2D eigenvalue weighted by Gasteiger charge is 2.26. The summed E-state index contributed by atoms with van der Waals surface area (Å²) in [4.78, 5) is 28.8. The summed E-state index contributed by atoms with van der Waals surface area (Å²) >= 11 is 0. The Balaban J connectivity index is 1.79. The fourth-order valence-corrected chi connectivity index (χ4v) is 3.42. The molecule has 1 aliphatic carbocycles. The van der Waals surface area contributed by atoms with Crippen LogP contribution >= 0.6 is 0 Å². The Kier molecular flexibility index (Phi) is 6.53. The van der Waals surface area contributed by atoms with E-state index in [0.717, 1.165) is 44.3 Å². The number of rotatable bonds is 3. The van der Waals surface area contributed by atoms with Crippen molar-refractivity contribution < 1.29 is 14.3 Å². The zero-order valence-electron chi connectivity index (χ0n) is 15.8. The Hall–Kier alpha value is -2.04. The largest absolute Gasteiger partial charge is 0.449 e. The monoisotopic (exact) mass is 358 g/mol. The standard InChI is InChI=1S/C21H30N2O3/c1-17-7-6-14-26-21(25)23(16-18-9-10-18)13-5-8-19(15-17)20(24)22-11-3-2-4-12-22/h5,8,13,15,18H,2-4,6-7,9-12,14,16H2,1H3. The normalized spacial score (nSPS) is 22.7. The van der Waals surface area contributed by atoms with E-state index in [1.54, 1.807) is 11.1 Å². The van der Waals surface area contributed by atoms with Crippen molar-refractivity contribution in [2.75, 3.05) is 26.2 Å². The molecule has 5 nitrogen and oxygen atoms in total. The summed E-state index contributed by atoms with van der Waals surface area (Å²) < 4.78 is 5.39. The van der Waals surface area contributed by atoms with Gasteiger partial charge < -0.3 is 9.64 Å². The molecule has 2 aliphatic heterocycles. The van der Waals surface area contributed by atoms with Crippen molar-refractivity contribution in [3.8, 4) is 0 Å². The van der Waals surface area contributed by atoms with E-state index in [4.69, 9.17) is 4.74 Å². The molecule has 2 amide bonds. The predicted molar refractivity (Wildman–Crippen MR) is 101 cm³/mol. The van der Waals surface area contributed by atoms with E-state index < -0.39 is 0 Å². The topological polar surface area (TPSA) is 49.9 Å². The van der Waals surface area contributed by atoms with Crippen LogP contribution in [0.5, 0.6) is 0 Å². The van der Waals surface area contributed by atoms with Gasteiger partial charge in [0.15, 0.2) is 0 Å². The van der Waals surface area contributed by atoms with Crippen LogP contribution in [0.3, 0.4) is 0 Å². The molecule has 2 fully saturated rings. The molecule has 0 bridgehead atoms. The Labute approximate surface area is 156 Å². The number of hydrogen-bond donors (Lipinski definition) is 0. The highest BCUT2D eigenvalue weighted by molar-refractivity contribution is 5.96. The fraction of sp³-hybridized carbons (Fsp3) is 0.619. The van der Waals surface area contributed by atoms with Crippen LogP contribution in [-0.2, 0) is 9.53 Å². The molecule has 0 radical (unpaired) electrons. The van der Waals surface area contributed by atoms with Crippen LogP contribution in [0.1, 0.15) is 51.9 Å². The number of carbonyl (C=O) groups excluding carboxylic acids is 2. The lowest BCUT2D eigenvalue weighted by Crippen LogP contribution is -2.36. The molecule has 3 aliphatic rings. The molecule has 0 aromatic carbocycles. The number of hydrogen-bond acceptors (Lipinski definition) is 3. The second-order valence-electron chi connectivity index (χ2n) is 7.62. The zero-order chi connectivity index (χ0) is 18.4. The van der Waals surface area contributed by atoms with Crippen LogP contribution < -0.4 is 0 Å². The summed E-state index contributed by atoms with van der Waals surface area (Å²) in [5, 5.41) is 0. The lowest BCUT2D eigenvalue weighted by molar-refractivity contribution is -0.127. The van der Waals surface area contributed by atoms with Crippen molar-refractivity contribution in [3.63, 3.8) is 0 Å². The highest BCUT2D eigenvalue weighted by atomic mass is 16.6. The smallest absolute Gasteiger partial charge is 0.413 e. The van der Waals surface area contributed by atoms with Crippen LogP contribution in [0.15, 0.2) is 35.6 Å². The van der Waals surface area contributed by atoms with E-state index in [9.17, 15) is 9.59 Å². The lowest BCUT2D eigenvalue weighted by atomic mass is 10.0. The lowest BCUT2D eigenvalue weighted by Gasteiger charge is -2.27. The van der Waals surface area contributed by atoms with Crippen molar-refractivity contribution in [2.24, 2.45) is 5.92 Å². The Bertz CT molecular complexity index is 611. The first-order valence-corrected chi connectivity index (χ1v) is 9.92. The van der Waals surface area contributed by atoms with Gasteiger partial charge in [-0.15, -0.1) is 0 Å². The van der Waals surface area contributed by atoms with Crippen LogP contribution in [0.2, 0.25) is 0 Å². The molecule has 0 aromatic rings. The van der Waals surface area contributed by atoms with E-state index in [1.807, 2.05) is 30.1 Å². The zero-order valence-corrected chi connectivity index (χ0v) is 15.8. The first-order chi connectivity index (χ1) is 12.6. The van der Waals surface area contributed by atoms with Crippen molar-refractivity contribution in [1.29, 1.82) is 0 Å². The van der Waals surface area contributed by atoms with Crippen molar-refractivity contribution >= 4 is 12.0 Å². The van der Waals surface area contributed by atoms with Gasteiger partial charge in [0.2, 0.25) is 0 Å². The molecule has 0 spiro atoms. The van der Waals surface area contributed by atoms with Crippen LogP contribution in [-0.4, -0.2) is 48.0 Å². The van der Waals surface area contributed by atoms with Gasteiger partial charge >= 0.3 is 6.09 Å². The minimum atomic E-state index is -0.285. The van der Waals surface area contributed by atoms with Crippen molar-refractivity contribution in [2.45, 2.75) is 51.9 Å². The van der Waals surface area contributed by atoms with Gasteiger partial charge in [-0.3, -0.25) is 9.69 Å².